The van der Waals surface area contributed by atoms with Gasteiger partial charge in [-0.25, -0.2) is 18.6 Å². The molecular weight excluding hydrogens is 498 g/mol. The Bertz CT molecular complexity index is 624. The zero-order valence-corrected chi connectivity index (χ0v) is 17.0. The van der Waals surface area contributed by atoms with Crippen LogP contribution in [-0.4, -0.2) is 14.7 Å². The average molecular weight is 514 g/mol. The van der Waals surface area contributed by atoms with Gasteiger partial charge in [0.15, 0.2) is 0 Å². The molecule has 134 valence electrons. The van der Waals surface area contributed by atoms with Crippen LogP contribution in [0.4, 0.5) is 0 Å². The first-order valence-electron chi connectivity index (χ1n) is 7.02. The summed E-state index contributed by atoms with van der Waals surface area (Å²) < 4.78 is 38.4. The molecular formula is C18H15AgAsClO4. The monoisotopic (exact) mass is 512 g/mol. The molecule has 0 atom stereocenters. The average Bonchev–Trinajstić information content (AvgIpc) is 2.57. The minimum absolute atomic E-state index is 0. The quantitative estimate of drug-likeness (QED) is 0.361. The van der Waals surface area contributed by atoms with Crippen LogP contribution >= 0.6 is 0 Å². The summed E-state index contributed by atoms with van der Waals surface area (Å²) in [5, 5.41) is 0. The number of hydrogen-bond acceptors (Lipinski definition) is 4. The fourth-order valence-corrected chi connectivity index (χ4v) is 7.02. The summed E-state index contributed by atoms with van der Waals surface area (Å²) in [6.45, 7) is 0. The Morgan fingerprint density at radius 1 is 0.480 bits per heavy atom. The Morgan fingerprint density at radius 2 is 0.680 bits per heavy atom. The molecule has 25 heavy (non-hydrogen) atoms. The molecule has 0 aliphatic rings. The third-order valence-electron chi connectivity index (χ3n) is 3.04. The molecule has 3 aromatic carbocycles. The first-order chi connectivity index (χ1) is 11.4. The predicted molar refractivity (Wildman–Crippen MR) is 84.0 cm³/mol. The number of hydrogen-bond donors (Lipinski definition) is 0. The predicted octanol–water partition coefficient (Wildman–Crippen LogP) is -2.56. The maximum atomic E-state index is 8.49. The van der Waals surface area contributed by atoms with Crippen molar-refractivity contribution in [3.05, 3.63) is 91.0 Å². The maximum absolute atomic E-state index is 8.49. The summed E-state index contributed by atoms with van der Waals surface area (Å²) in [6, 6.07) is 32.7. The van der Waals surface area contributed by atoms with Gasteiger partial charge in [0.1, 0.15) is 0 Å². The standard InChI is InChI=1S/C18H15As.Ag.ClHO4/c1-4-10-16(11-5-1)19(17-12-6-2-7-13-17)18-14-8-3-9-15-18;;2-1(3,4)5/h1-15H;;(H,2,3,4,5)/q;+1;/p-1. The van der Waals surface area contributed by atoms with Crippen molar-refractivity contribution in [2.24, 2.45) is 0 Å². The van der Waals surface area contributed by atoms with Crippen LogP contribution in [0, 0.1) is 10.2 Å². The minimum atomic E-state index is -4.94. The van der Waals surface area contributed by atoms with Gasteiger partial charge in [0, 0.05) is 0 Å². The number of halogens is 1. The second-order valence-corrected chi connectivity index (χ2v) is 10.1. The van der Waals surface area contributed by atoms with E-state index >= 15 is 0 Å². The topological polar surface area (TPSA) is 92.2 Å². The van der Waals surface area contributed by atoms with E-state index < -0.39 is 24.9 Å². The Kier molecular flexibility index (Phi) is 9.68. The molecule has 0 radical (unpaired) electrons. The van der Waals surface area contributed by atoms with E-state index in [-0.39, 0.29) is 22.4 Å². The Hall–Kier alpha value is -0.911. The number of benzene rings is 3. The summed E-state index contributed by atoms with van der Waals surface area (Å²) in [4.78, 5) is 0. The molecule has 0 heterocycles. The van der Waals surface area contributed by atoms with Crippen molar-refractivity contribution in [2.75, 3.05) is 0 Å². The van der Waals surface area contributed by atoms with Crippen LogP contribution in [-0.2, 0) is 22.4 Å². The molecule has 0 saturated carbocycles. The van der Waals surface area contributed by atoms with E-state index in [9.17, 15) is 0 Å². The van der Waals surface area contributed by atoms with E-state index in [2.05, 4.69) is 91.0 Å². The summed E-state index contributed by atoms with van der Waals surface area (Å²) >= 11 is -1.39. The fraction of sp³-hybridized carbons (Fsp3) is 0. The Morgan fingerprint density at radius 3 is 0.880 bits per heavy atom. The van der Waals surface area contributed by atoms with E-state index in [1.165, 1.54) is 13.1 Å². The van der Waals surface area contributed by atoms with Gasteiger partial charge >= 0.3 is 141 Å². The molecule has 0 aliphatic heterocycles. The van der Waals surface area contributed by atoms with E-state index in [1.54, 1.807) is 0 Å². The van der Waals surface area contributed by atoms with Crippen LogP contribution in [0.15, 0.2) is 91.0 Å². The second-order valence-electron chi connectivity index (χ2n) is 4.72. The van der Waals surface area contributed by atoms with Gasteiger partial charge in [0.2, 0.25) is 0 Å². The van der Waals surface area contributed by atoms with Crippen LogP contribution in [0.2, 0.25) is 0 Å². The van der Waals surface area contributed by atoms with Crippen LogP contribution in [0.25, 0.3) is 0 Å². The zero-order chi connectivity index (χ0) is 17.4. The molecule has 0 N–H and O–H groups in total. The Labute approximate surface area is 169 Å². The van der Waals surface area contributed by atoms with E-state index in [1.807, 2.05) is 0 Å². The normalized spacial score (nSPS) is 10.4. The van der Waals surface area contributed by atoms with Gasteiger partial charge in [-0.1, -0.05) is 0 Å². The first-order valence-corrected chi connectivity index (χ1v) is 11.1. The SMILES string of the molecule is [Ag+].[O-][Cl+3]([O-])([O-])[O-].c1ccc([As](c2ccccc2)c2ccccc2)cc1. The molecule has 0 aromatic heterocycles. The first kappa shape index (κ1) is 22.1. The van der Waals surface area contributed by atoms with Crippen molar-refractivity contribution in [3.8, 4) is 0 Å². The van der Waals surface area contributed by atoms with Crippen LogP contribution < -0.4 is 31.7 Å². The molecule has 3 aromatic rings. The van der Waals surface area contributed by atoms with Crippen molar-refractivity contribution in [3.63, 3.8) is 0 Å². The molecule has 7 heteroatoms. The zero-order valence-electron chi connectivity index (χ0n) is 12.9. The molecule has 0 aliphatic carbocycles. The van der Waals surface area contributed by atoms with Crippen molar-refractivity contribution < 1.29 is 51.3 Å². The second kappa shape index (κ2) is 10.9. The molecule has 0 fully saturated rings. The molecule has 0 spiro atoms. The van der Waals surface area contributed by atoms with Gasteiger partial charge in [0.25, 0.3) is 0 Å². The van der Waals surface area contributed by atoms with Gasteiger partial charge in [-0.15, -0.1) is 10.2 Å². The molecule has 4 nitrogen and oxygen atoms in total. The fourth-order valence-electron chi connectivity index (χ4n) is 2.18. The summed E-state index contributed by atoms with van der Waals surface area (Å²) in [6.07, 6.45) is 0. The van der Waals surface area contributed by atoms with Gasteiger partial charge in [0.05, 0.1) is 0 Å². The Balaban J connectivity index is 0.000000462. The van der Waals surface area contributed by atoms with Gasteiger partial charge in [-0.05, 0) is 0 Å². The van der Waals surface area contributed by atoms with E-state index in [0.29, 0.717) is 0 Å². The van der Waals surface area contributed by atoms with Crippen molar-refractivity contribution >= 4 is 27.7 Å². The van der Waals surface area contributed by atoms with Gasteiger partial charge < -0.3 is 0 Å². The van der Waals surface area contributed by atoms with Gasteiger partial charge in [-0.2, -0.15) is 0 Å². The molecule has 0 amide bonds. The molecule has 3 rings (SSSR count). The van der Waals surface area contributed by atoms with Crippen molar-refractivity contribution in [1.29, 1.82) is 0 Å². The van der Waals surface area contributed by atoms with Crippen molar-refractivity contribution in [2.45, 2.75) is 0 Å². The summed E-state index contributed by atoms with van der Waals surface area (Å²) in [7, 11) is -4.94. The van der Waals surface area contributed by atoms with Crippen LogP contribution in [0.1, 0.15) is 0 Å². The molecule has 0 bridgehead atoms. The van der Waals surface area contributed by atoms with Crippen LogP contribution in [0.3, 0.4) is 0 Å². The molecule has 0 saturated heterocycles. The van der Waals surface area contributed by atoms with E-state index in [4.69, 9.17) is 18.6 Å². The van der Waals surface area contributed by atoms with Crippen molar-refractivity contribution in [1.82, 2.24) is 0 Å². The molecule has 0 unspecified atom stereocenters. The van der Waals surface area contributed by atoms with Crippen LogP contribution in [0.5, 0.6) is 0 Å². The van der Waals surface area contributed by atoms with Gasteiger partial charge in [-0.3, -0.25) is 0 Å². The summed E-state index contributed by atoms with van der Waals surface area (Å²) in [5.41, 5.74) is 0. The van der Waals surface area contributed by atoms with E-state index in [0.717, 1.165) is 0 Å². The number of rotatable bonds is 3. The third-order valence-corrected chi connectivity index (χ3v) is 8.17. The third kappa shape index (κ3) is 8.34. The summed E-state index contributed by atoms with van der Waals surface area (Å²) in [5.74, 6) is 0.